The summed E-state index contributed by atoms with van der Waals surface area (Å²) in [5.41, 5.74) is 3.72. The molecule has 0 atom stereocenters. The number of nitrogens with one attached hydrogen (secondary N) is 2. The van der Waals surface area contributed by atoms with Gasteiger partial charge in [0.2, 0.25) is 11.8 Å². The lowest BCUT2D eigenvalue weighted by molar-refractivity contribution is -0.123. The molecule has 2 aromatic rings. The first-order valence-electron chi connectivity index (χ1n) is 8.27. The number of hydrogen-bond donors (Lipinski definition) is 2. The molecule has 0 saturated heterocycles. The van der Waals surface area contributed by atoms with Gasteiger partial charge in [-0.25, -0.2) is 0 Å². The number of aryl methyl sites for hydroxylation is 1. The van der Waals surface area contributed by atoms with E-state index < -0.39 is 0 Å². The van der Waals surface area contributed by atoms with Crippen molar-refractivity contribution in [1.82, 2.24) is 0 Å². The molecule has 0 saturated carbocycles. The number of para-hydroxylation sites is 1. The van der Waals surface area contributed by atoms with Gasteiger partial charge in [-0.3, -0.25) is 9.59 Å². The summed E-state index contributed by atoms with van der Waals surface area (Å²) in [6.07, 6.45) is 0.744. The summed E-state index contributed by atoms with van der Waals surface area (Å²) in [6, 6.07) is 15.3. The predicted octanol–water partition coefficient (Wildman–Crippen LogP) is 4.34. The SMILES string of the molecule is CCc1ccc(NC(=O)CC(=O)Nc2ccccc2C(C)C)cc1. The third-order valence-corrected chi connectivity index (χ3v) is 3.82. The summed E-state index contributed by atoms with van der Waals surface area (Å²) in [5.74, 6) is -0.336. The van der Waals surface area contributed by atoms with E-state index >= 15 is 0 Å². The van der Waals surface area contributed by atoms with Gasteiger partial charge in [0.1, 0.15) is 6.42 Å². The van der Waals surface area contributed by atoms with Gasteiger partial charge in [-0.2, -0.15) is 0 Å². The molecule has 0 radical (unpaired) electrons. The number of carbonyl (C=O) groups excluding carboxylic acids is 2. The van der Waals surface area contributed by atoms with Crippen LogP contribution in [0, 0.1) is 0 Å². The molecule has 0 unspecified atom stereocenters. The smallest absolute Gasteiger partial charge is 0.233 e. The first-order valence-corrected chi connectivity index (χ1v) is 8.27. The number of anilines is 2. The maximum atomic E-state index is 12.1. The number of rotatable bonds is 6. The minimum Gasteiger partial charge on any atom is -0.326 e. The lowest BCUT2D eigenvalue weighted by Crippen LogP contribution is -2.22. The molecule has 24 heavy (non-hydrogen) atoms. The highest BCUT2D eigenvalue weighted by atomic mass is 16.2. The Morgan fingerprint density at radius 2 is 1.54 bits per heavy atom. The van der Waals surface area contributed by atoms with Crippen LogP contribution in [0.2, 0.25) is 0 Å². The first-order chi connectivity index (χ1) is 11.5. The van der Waals surface area contributed by atoms with E-state index in [0.717, 1.165) is 17.7 Å². The van der Waals surface area contributed by atoms with Crippen LogP contribution in [0.5, 0.6) is 0 Å². The van der Waals surface area contributed by atoms with Gasteiger partial charge in [-0.1, -0.05) is 51.1 Å². The van der Waals surface area contributed by atoms with Crippen molar-refractivity contribution in [3.8, 4) is 0 Å². The molecule has 126 valence electrons. The summed E-state index contributed by atoms with van der Waals surface area (Å²) in [7, 11) is 0. The fourth-order valence-electron chi connectivity index (χ4n) is 2.48. The zero-order valence-electron chi connectivity index (χ0n) is 14.4. The van der Waals surface area contributed by atoms with E-state index in [0.29, 0.717) is 11.6 Å². The van der Waals surface area contributed by atoms with Gasteiger partial charge < -0.3 is 10.6 Å². The summed E-state index contributed by atoms with van der Waals surface area (Å²) in [6.45, 7) is 6.21. The number of carbonyl (C=O) groups is 2. The van der Waals surface area contributed by atoms with Crippen LogP contribution >= 0.6 is 0 Å². The largest absolute Gasteiger partial charge is 0.326 e. The molecule has 0 aromatic heterocycles. The van der Waals surface area contributed by atoms with Crippen molar-refractivity contribution in [2.24, 2.45) is 0 Å². The van der Waals surface area contributed by atoms with E-state index in [9.17, 15) is 9.59 Å². The Kier molecular flexibility index (Phi) is 6.13. The Hall–Kier alpha value is -2.62. The molecule has 0 heterocycles. The van der Waals surface area contributed by atoms with E-state index in [1.165, 1.54) is 5.56 Å². The minimum atomic E-state index is -0.321. The molecule has 0 aliphatic heterocycles. The van der Waals surface area contributed by atoms with Crippen molar-refractivity contribution in [3.63, 3.8) is 0 Å². The topological polar surface area (TPSA) is 58.2 Å². The van der Waals surface area contributed by atoms with Crippen LogP contribution in [0.25, 0.3) is 0 Å². The molecule has 0 aliphatic carbocycles. The minimum absolute atomic E-state index is 0.206. The summed E-state index contributed by atoms with van der Waals surface area (Å²) in [5, 5.41) is 5.57. The Morgan fingerprint density at radius 1 is 0.917 bits per heavy atom. The van der Waals surface area contributed by atoms with Crippen LogP contribution in [0.15, 0.2) is 48.5 Å². The highest BCUT2D eigenvalue weighted by Gasteiger charge is 2.13. The monoisotopic (exact) mass is 324 g/mol. The Balaban J connectivity index is 1.93. The molecule has 2 amide bonds. The van der Waals surface area contributed by atoms with Crippen molar-refractivity contribution < 1.29 is 9.59 Å². The standard InChI is InChI=1S/C20H24N2O2/c1-4-15-9-11-16(12-10-15)21-19(23)13-20(24)22-18-8-6-5-7-17(18)14(2)3/h5-12,14H,4,13H2,1-3H3,(H,21,23)(H,22,24). The summed E-state index contributed by atoms with van der Waals surface area (Å²) < 4.78 is 0. The Morgan fingerprint density at radius 3 is 2.17 bits per heavy atom. The van der Waals surface area contributed by atoms with Gasteiger partial charge >= 0.3 is 0 Å². The van der Waals surface area contributed by atoms with Gasteiger partial charge in [0.25, 0.3) is 0 Å². The van der Waals surface area contributed by atoms with Crippen LogP contribution in [-0.4, -0.2) is 11.8 Å². The van der Waals surface area contributed by atoms with Crippen molar-refractivity contribution >= 4 is 23.2 Å². The second-order valence-corrected chi connectivity index (χ2v) is 6.07. The molecule has 0 bridgehead atoms. The number of amides is 2. The molecule has 2 rings (SSSR count). The molecule has 4 heteroatoms. The molecule has 4 nitrogen and oxygen atoms in total. The van der Waals surface area contributed by atoms with Gasteiger partial charge in [-0.05, 0) is 41.7 Å². The third-order valence-electron chi connectivity index (χ3n) is 3.82. The van der Waals surface area contributed by atoms with E-state index in [2.05, 4.69) is 31.4 Å². The highest BCUT2D eigenvalue weighted by molar-refractivity contribution is 6.08. The second kappa shape index (κ2) is 8.29. The van der Waals surface area contributed by atoms with E-state index in [4.69, 9.17) is 0 Å². The Bertz CT molecular complexity index is 706. The average Bonchev–Trinajstić information content (AvgIpc) is 2.55. The maximum absolute atomic E-state index is 12.1. The molecule has 0 aliphatic rings. The molecule has 2 aromatic carbocycles. The van der Waals surface area contributed by atoms with Gasteiger partial charge in [0, 0.05) is 11.4 Å². The predicted molar refractivity (Wildman–Crippen MR) is 98.2 cm³/mol. The lowest BCUT2D eigenvalue weighted by atomic mass is 10.0. The van der Waals surface area contributed by atoms with Crippen molar-refractivity contribution in [3.05, 3.63) is 59.7 Å². The zero-order valence-corrected chi connectivity index (χ0v) is 14.4. The van der Waals surface area contributed by atoms with E-state index in [1.807, 2.05) is 48.5 Å². The van der Waals surface area contributed by atoms with Gasteiger partial charge in [0.15, 0.2) is 0 Å². The lowest BCUT2D eigenvalue weighted by Gasteiger charge is -2.13. The summed E-state index contributed by atoms with van der Waals surface area (Å²) in [4.78, 5) is 24.1. The highest BCUT2D eigenvalue weighted by Crippen LogP contribution is 2.23. The fourth-order valence-corrected chi connectivity index (χ4v) is 2.48. The van der Waals surface area contributed by atoms with E-state index in [1.54, 1.807) is 0 Å². The normalized spacial score (nSPS) is 10.5. The van der Waals surface area contributed by atoms with Gasteiger partial charge in [0.05, 0.1) is 0 Å². The average molecular weight is 324 g/mol. The third kappa shape index (κ3) is 4.95. The number of benzene rings is 2. The molecular formula is C20H24N2O2. The molecule has 0 spiro atoms. The zero-order chi connectivity index (χ0) is 17.5. The van der Waals surface area contributed by atoms with Crippen LogP contribution in [-0.2, 0) is 16.0 Å². The summed E-state index contributed by atoms with van der Waals surface area (Å²) >= 11 is 0. The second-order valence-electron chi connectivity index (χ2n) is 6.07. The van der Waals surface area contributed by atoms with Gasteiger partial charge in [-0.15, -0.1) is 0 Å². The maximum Gasteiger partial charge on any atom is 0.233 e. The molecule has 0 fully saturated rings. The van der Waals surface area contributed by atoms with Crippen molar-refractivity contribution in [1.29, 1.82) is 0 Å². The first kappa shape index (κ1) is 17.7. The van der Waals surface area contributed by atoms with Crippen LogP contribution in [0.4, 0.5) is 11.4 Å². The quantitative estimate of drug-likeness (QED) is 0.777. The fraction of sp³-hybridized carbons (Fsp3) is 0.300. The van der Waals surface area contributed by atoms with Crippen molar-refractivity contribution in [2.45, 2.75) is 39.5 Å². The van der Waals surface area contributed by atoms with Crippen LogP contribution in [0.1, 0.15) is 44.2 Å². The van der Waals surface area contributed by atoms with Crippen LogP contribution in [0.3, 0.4) is 0 Å². The Labute approximate surface area is 143 Å². The molecular weight excluding hydrogens is 300 g/mol. The molecule has 2 N–H and O–H groups in total. The van der Waals surface area contributed by atoms with Crippen LogP contribution < -0.4 is 10.6 Å². The number of hydrogen-bond acceptors (Lipinski definition) is 2. The van der Waals surface area contributed by atoms with E-state index in [-0.39, 0.29) is 18.2 Å². The van der Waals surface area contributed by atoms with Crippen molar-refractivity contribution in [2.75, 3.05) is 10.6 Å².